The van der Waals surface area contributed by atoms with E-state index in [9.17, 15) is 4.79 Å². The van der Waals surface area contributed by atoms with Crippen LogP contribution in [-0.2, 0) is 9.53 Å². The van der Waals surface area contributed by atoms with Crippen LogP contribution in [0.2, 0.25) is 0 Å². The zero-order valence-electron chi connectivity index (χ0n) is 14.0. The van der Waals surface area contributed by atoms with E-state index in [4.69, 9.17) is 4.74 Å². The summed E-state index contributed by atoms with van der Waals surface area (Å²) in [6.45, 7) is 6.88. The molecule has 0 aromatic carbocycles. The van der Waals surface area contributed by atoms with Gasteiger partial charge in [0.05, 0.1) is 6.61 Å². The lowest BCUT2D eigenvalue weighted by Crippen LogP contribution is -2.45. The standard InChI is InChI=1S/C16H29N3O2.2ClH/c1-21-9-8-18-6-4-14(5-7-18)16(20)19-11-13-2-3-15(12-19)17-10-13;;/h13-15,17H,2-12H2,1H3;2*1H/t13-,15-;;/m0../s1. The highest BCUT2D eigenvalue weighted by molar-refractivity contribution is 5.85. The predicted molar refractivity (Wildman–Crippen MR) is 96.6 cm³/mol. The average Bonchev–Trinajstić information content (AvgIpc) is 2.86. The first-order valence-corrected chi connectivity index (χ1v) is 8.49. The second-order valence-electron chi connectivity index (χ2n) is 6.90. The van der Waals surface area contributed by atoms with E-state index < -0.39 is 0 Å². The maximum absolute atomic E-state index is 12.8. The van der Waals surface area contributed by atoms with Crippen LogP contribution in [0.1, 0.15) is 25.7 Å². The van der Waals surface area contributed by atoms with Crippen molar-refractivity contribution < 1.29 is 9.53 Å². The number of methoxy groups -OCH3 is 1. The van der Waals surface area contributed by atoms with Gasteiger partial charge in [-0.3, -0.25) is 4.79 Å². The highest BCUT2D eigenvalue weighted by Gasteiger charge is 2.35. The maximum atomic E-state index is 12.8. The van der Waals surface area contributed by atoms with Gasteiger partial charge in [-0.2, -0.15) is 0 Å². The smallest absolute Gasteiger partial charge is 0.225 e. The summed E-state index contributed by atoms with van der Waals surface area (Å²) in [4.78, 5) is 17.4. The molecule has 5 nitrogen and oxygen atoms in total. The van der Waals surface area contributed by atoms with Gasteiger partial charge in [-0.15, -0.1) is 24.8 Å². The Labute approximate surface area is 152 Å². The number of hydrogen-bond acceptors (Lipinski definition) is 4. The molecule has 4 fully saturated rings. The molecule has 4 aliphatic heterocycles. The van der Waals surface area contributed by atoms with E-state index in [1.165, 1.54) is 12.8 Å². The fourth-order valence-corrected chi connectivity index (χ4v) is 4.00. The average molecular weight is 368 g/mol. The first-order valence-electron chi connectivity index (χ1n) is 8.49. The monoisotopic (exact) mass is 367 g/mol. The molecule has 4 saturated heterocycles. The number of amides is 1. The number of likely N-dealkylation sites (tertiary alicyclic amines) is 1. The summed E-state index contributed by atoms with van der Waals surface area (Å²) in [5, 5.41) is 3.58. The third-order valence-corrected chi connectivity index (χ3v) is 5.40. The highest BCUT2D eigenvalue weighted by Crippen LogP contribution is 2.25. The molecule has 4 aliphatic rings. The van der Waals surface area contributed by atoms with Crippen LogP contribution in [-0.4, -0.2) is 74.7 Å². The summed E-state index contributed by atoms with van der Waals surface area (Å²) in [6, 6.07) is 0.537. The molecule has 1 N–H and O–H groups in total. The van der Waals surface area contributed by atoms with E-state index in [1.54, 1.807) is 7.11 Å². The molecule has 1 amide bonds. The summed E-state index contributed by atoms with van der Waals surface area (Å²) in [5.74, 6) is 1.35. The van der Waals surface area contributed by atoms with Gasteiger partial charge in [0, 0.05) is 38.7 Å². The fourth-order valence-electron chi connectivity index (χ4n) is 4.00. The van der Waals surface area contributed by atoms with Crippen molar-refractivity contribution in [3.8, 4) is 0 Å². The minimum absolute atomic E-state index is 0. The molecule has 0 saturated carbocycles. The lowest BCUT2D eigenvalue weighted by Gasteiger charge is -2.34. The number of ether oxygens (including phenoxy) is 1. The van der Waals surface area contributed by atoms with Gasteiger partial charge in [0.2, 0.25) is 5.91 Å². The summed E-state index contributed by atoms with van der Waals surface area (Å²) in [7, 11) is 1.75. The minimum Gasteiger partial charge on any atom is -0.383 e. The molecule has 0 aromatic rings. The van der Waals surface area contributed by atoms with Gasteiger partial charge >= 0.3 is 0 Å². The number of hydrogen-bond donors (Lipinski definition) is 1. The molecule has 136 valence electrons. The third-order valence-electron chi connectivity index (χ3n) is 5.40. The van der Waals surface area contributed by atoms with Crippen LogP contribution in [0, 0.1) is 11.8 Å². The van der Waals surface area contributed by atoms with Gasteiger partial charge in [-0.25, -0.2) is 0 Å². The summed E-state index contributed by atoms with van der Waals surface area (Å²) >= 11 is 0. The van der Waals surface area contributed by atoms with Crippen LogP contribution in [0.3, 0.4) is 0 Å². The van der Waals surface area contributed by atoms with Crippen LogP contribution in [0.25, 0.3) is 0 Å². The van der Waals surface area contributed by atoms with E-state index in [1.807, 2.05) is 0 Å². The van der Waals surface area contributed by atoms with Crippen molar-refractivity contribution >= 4 is 30.7 Å². The Kier molecular flexibility index (Phi) is 9.16. The van der Waals surface area contributed by atoms with Crippen molar-refractivity contribution in [1.29, 1.82) is 0 Å². The molecule has 0 unspecified atom stereocenters. The molecular weight excluding hydrogens is 337 g/mol. The lowest BCUT2D eigenvalue weighted by molar-refractivity contribution is -0.137. The van der Waals surface area contributed by atoms with Crippen molar-refractivity contribution in [2.75, 3.05) is 53.0 Å². The van der Waals surface area contributed by atoms with E-state index in [0.717, 1.165) is 58.7 Å². The summed E-state index contributed by atoms with van der Waals surface area (Å²) in [6.07, 6.45) is 4.56. The van der Waals surface area contributed by atoms with Crippen molar-refractivity contribution in [1.82, 2.24) is 15.1 Å². The molecule has 4 rings (SSSR count). The van der Waals surface area contributed by atoms with Crippen LogP contribution in [0.4, 0.5) is 0 Å². The topological polar surface area (TPSA) is 44.8 Å². The van der Waals surface area contributed by atoms with Gasteiger partial charge in [0.15, 0.2) is 0 Å². The van der Waals surface area contributed by atoms with Crippen LogP contribution < -0.4 is 5.32 Å². The van der Waals surface area contributed by atoms with Crippen LogP contribution in [0.15, 0.2) is 0 Å². The first kappa shape index (κ1) is 21.0. The molecule has 0 aromatic heterocycles. The van der Waals surface area contributed by atoms with Gasteiger partial charge < -0.3 is 19.9 Å². The van der Waals surface area contributed by atoms with E-state index in [2.05, 4.69) is 15.1 Å². The molecular formula is C16H31Cl2N3O2. The Morgan fingerprint density at radius 1 is 1.13 bits per heavy atom. The molecule has 0 aliphatic carbocycles. The van der Waals surface area contributed by atoms with Crippen LogP contribution in [0.5, 0.6) is 0 Å². The third kappa shape index (κ3) is 5.46. The number of nitrogens with one attached hydrogen (secondary N) is 1. The van der Waals surface area contributed by atoms with Crippen molar-refractivity contribution in [2.45, 2.75) is 31.7 Å². The summed E-state index contributed by atoms with van der Waals surface area (Å²) in [5.41, 5.74) is 0. The van der Waals surface area contributed by atoms with E-state index in [-0.39, 0.29) is 30.7 Å². The number of carbonyl (C=O) groups excluding carboxylic acids is 1. The van der Waals surface area contributed by atoms with Crippen molar-refractivity contribution in [3.05, 3.63) is 0 Å². The number of fused-ring (bicyclic) bond motifs is 4. The zero-order valence-corrected chi connectivity index (χ0v) is 15.7. The molecule has 7 heteroatoms. The lowest BCUT2D eigenvalue weighted by atomic mass is 9.94. The Bertz CT molecular complexity index is 343. The second kappa shape index (κ2) is 10.0. The molecule has 0 radical (unpaired) electrons. The number of nitrogens with zero attached hydrogens (tertiary/aromatic N) is 2. The number of carbonyl (C=O) groups is 1. The van der Waals surface area contributed by atoms with E-state index >= 15 is 0 Å². The van der Waals surface area contributed by atoms with E-state index in [0.29, 0.717) is 17.9 Å². The normalized spacial score (nSPS) is 28.7. The van der Waals surface area contributed by atoms with Crippen molar-refractivity contribution in [2.24, 2.45) is 11.8 Å². The minimum atomic E-state index is 0. The highest BCUT2D eigenvalue weighted by atomic mass is 35.5. The van der Waals surface area contributed by atoms with Crippen molar-refractivity contribution in [3.63, 3.8) is 0 Å². The van der Waals surface area contributed by atoms with Gasteiger partial charge in [-0.1, -0.05) is 0 Å². The Morgan fingerprint density at radius 3 is 2.48 bits per heavy atom. The fraction of sp³-hybridized carbons (Fsp3) is 0.938. The number of halogens is 2. The molecule has 2 atom stereocenters. The second-order valence-corrected chi connectivity index (χ2v) is 6.90. The Balaban J connectivity index is 0.00000132. The largest absolute Gasteiger partial charge is 0.383 e. The van der Waals surface area contributed by atoms with Gasteiger partial charge in [-0.05, 0) is 51.2 Å². The van der Waals surface area contributed by atoms with Gasteiger partial charge in [0.25, 0.3) is 0 Å². The molecule has 0 spiro atoms. The number of rotatable bonds is 4. The van der Waals surface area contributed by atoms with Crippen LogP contribution >= 0.6 is 24.8 Å². The molecule has 4 heterocycles. The SMILES string of the molecule is COCCN1CCC(C(=O)N2C[C@H]3CC[C@@H](C2)NC3)CC1.Cl.Cl. The molecule has 2 bridgehead atoms. The quantitative estimate of drug-likeness (QED) is 0.815. The van der Waals surface area contributed by atoms with Gasteiger partial charge in [0.1, 0.15) is 0 Å². The first-order chi connectivity index (χ1) is 10.3. The Morgan fingerprint density at radius 2 is 1.87 bits per heavy atom. The maximum Gasteiger partial charge on any atom is 0.225 e. The summed E-state index contributed by atoms with van der Waals surface area (Å²) < 4.78 is 5.13. The Hall–Kier alpha value is -0.0700. The zero-order chi connectivity index (χ0) is 14.7. The number of piperidine rings is 2. The molecule has 23 heavy (non-hydrogen) atoms. The predicted octanol–water partition coefficient (Wildman–Crippen LogP) is 1.40.